The summed E-state index contributed by atoms with van der Waals surface area (Å²) >= 11 is 0. The van der Waals surface area contributed by atoms with Gasteiger partial charge in [0.2, 0.25) is 0 Å². The van der Waals surface area contributed by atoms with Gasteiger partial charge in [0.05, 0.1) is 6.10 Å². The molecule has 2 unspecified atom stereocenters. The SMILES string of the molecule is C=C/C=C(\CCC)CC1COCCCC(=O)OC(C)C1. The normalized spacial score (nSPS) is 25.9. The summed E-state index contributed by atoms with van der Waals surface area (Å²) in [4.78, 5) is 11.5. The second-order valence-electron chi connectivity index (χ2n) is 5.60. The van der Waals surface area contributed by atoms with Crippen LogP contribution in [-0.2, 0) is 14.3 Å². The molecule has 2 atom stereocenters. The van der Waals surface area contributed by atoms with E-state index in [0.717, 1.165) is 38.7 Å². The minimum absolute atomic E-state index is 0.0270. The highest BCUT2D eigenvalue weighted by Gasteiger charge is 2.19. The van der Waals surface area contributed by atoms with Gasteiger partial charge in [-0.15, -0.1) is 0 Å². The number of allylic oxidation sites excluding steroid dienone is 3. The highest BCUT2D eigenvalue weighted by atomic mass is 16.5. The highest BCUT2D eigenvalue weighted by molar-refractivity contribution is 5.69. The Labute approximate surface area is 123 Å². The van der Waals surface area contributed by atoms with E-state index in [2.05, 4.69) is 19.6 Å². The summed E-state index contributed by atoms with van der Waals surface area (Å²) < 4.78 is 11.1. The van der Waals surface area contributed by atoms with Gasteiger partial charge in [0.15, 0.2) is 0 Å². The van der Waals surface area contributed by atoms with Crippen LogP contribution in [0.25, 0.3) is 0 Å². The Bertz CT molecular complexity index is 333. The van der Waals surface area contributed by atoms with Crippen LogP contribution in [0.2, 0.25) is 0 Å². The second kappa shape index (κ2) is 9.76. The number of esters is 1. The van der Waals surface area contributed by atoms with Crippen molar-refractivity contribution in [3.8, 4) is 0 Å². The molecule has 114 valence electrons. The zero-order chi connectivity index (χ0) is 14.8. The zero-order valence-corrected chi connectivity index (χ0v) is 12.9. The fraction of sp³-hybridized carbons (Fsp3) is 0.706. The lowest BCUT2D eigenvalue weighted by atomic mass is 9.92. The predicted molar refractivity (Wildman–Crippen MR) is 81.5 cm³/mol. The van der Waals surface area contributed by atoms with E-state index in [1.54, 1.807) is 0 Å². The molecule has 0 saturated carbocycles. The van der Waals surface area contributed by atoms with Crippen LogP contribution in [-0.4, -0.2) is 25.3 Å². The van der Waals surface area contributed by atoms with E-state index in [0.29, 0.717) is 18.9 Å². The minimum atomic E-state index is -0.0998. The van der Waals surface area contributed by atoms with E-state index in [1.807, 2.05) is 13.0 Å². The van der Waals surface area contributed by atoms with Crippen LogP contribution in [0, 0.1) is 5.92 Å². The van der Waals surface area contributed by atoms with Crippen LogP contribution in [0.15, 0.2) is 24.3 Å². The number of carbonyl (C=O) groups excluding carboxylic acids is 1. The van der Waals surface area contributed by atoms with Crippen LogP contribution in [0.5, 0.6) is 0 Å². The summed E-state index contributed by atoms with van der Waals surface area (Å²) in [6.45, 7) is 9.34. The van der Waals surface area contributed by atoms with E-state index < -0.39 is 0 Å². The van der Waals surface area contributed by atoms with Crippen molar-refractivity contribution in [2.75, 3.05) is 13.2 Å². The molecule has 3 heteroatoms. The fourth-order valence-corrected chi connectivity index (χ4v) is 2.69. The lowest BCUT2D eigenvalue weighted by Crippen LogP contribution is -2.23. The molecule has 0 aromatic heterocycles. The van der Waals surface area contributed by atoms with Crippen LogP contribution in [0.4, 0.5) is 0 Å². The van der Waals surface area contributed by atoms with Crippen molar-refractivity contribution in [3.05, 3.63) is 24.3 Å². The third-order valence-electron chi connectivity index (χ3n) is 3.50. The molecular formula is C17H28O3. The number of cyclic esters (lactones) is 1. The average Bonchev–Trinajstić information content (AvgIpc) is 2.38. The number of hydrogen-bond donors (Lipinski definition) is 0. The summed E-state index contributed by atoms with van der Waals surface area (Å²) in [7, 11) is 0. The smallest absolute Gasteiger partial charge is 0.306 e. The number of hydrogen-bond acceptors (Lipinski definition) is 3. The van der Waals surface area contributed by atoms with Gasteiger partial charge >= 0.3 is 5.97 Å². The Morgan fingerprint density at radius 2 is 2.30 bits per heavy atom. The Kier molecular flexibility index (Phi) is 8.28. The molecule has 0 aliphatic carbocycles. The third-order valence-corrected chi connectivity index (χ3v) is 3.50. The average molecular weight is 280 g/mol. The van der Waals surface area contributed by atoms with Crippen molar-refractivity contribution >= 4 is 5.97 Å². The van der Waals surface area contributed by atoms with E-state index in [4.69, 9.17) is 9.47 Å². The van der Waals surface area contributed by atoms with Crippen LogP contribution >= 0.6 is 0 Å². The van der Waals surface area contributed by atoms with Crippen molar-refractivity contribution in [2.24, 2.45) is 5.92 Å². The standard InChI is InChI=1S/C17H28O3/c1-4-7-15(8-5-2)12-16-11-14(3)20-17(18)9-6-10-19-13-16/h4,7,14,16H,1,5-6,8-13H2,2-3H3/b15-7+. The van der Waals surface area contributed by atoms with E-state index in [-0.39, 0.29) is 12.1 Å². The summed E-state index contributed by atoms with van der Waals surface area (Å²) in [5, 5.41) is 0. The first kappa shape index (κ1) is 17.0. The Balaban J connectivity index is 2.61. The van der Waals surface area contributed by atoms with E-state index >= 15 is 0 Å². The molecule has 1 heterocycles. The summed E-state index contributed by atoms with van der Waals surface area (Å²) in [5.74, 6) is 0.311. The predicted octanol–water partition coefficient (Wildman–Crippen LogP) is 4.04. The first-order valence-corrected chi connectivity index (χ1v) is 7.73. The lowest BCUT2D eigenvalue weighted by Gasteiger charge is -2.24. The van der Waals surface area contributed by atoms with Gasteiger partial charge in [0.1, 0.15) is 0 Å². The molecule has 0 N–H and O–H groups in total. The molecular weight excluding hydrogens is 252 g/mol. The Morgan fingerprint density at radius 1 is 1.50 bits per heavy atom. The largest absolute Gasteiger partial charge is 0.463 e. The number of rotatable bonds is 5. The van der Waals surface area contributed by atoms with Gasteiger partial charge in [0, 0.05) is 19.6 Å². The van der Waals surface area contributed by atoms with Gasteiger partial charge in [-0.1, -0.05) is 37.6 Å². The highest BCUT2D eigenvalue weighted by Crippen LogP contribution is 2.23. The van der Waals surface area contributed by atoms with Gasteiger partial charge in [0.25, 0.3) is 0 Å². The van der Waals surface area contributed by atoms with Crippen molar-refractivity contribution in [3.63, 3.8) is 0 Å². The maximum absolute atomic E-state index is 11.5. The van der Waals surface area contributed by atoms with Gasteiger partial charge < -0.3 is 9.47 Å². The lowest BCUT2D eigenvalue weighted by molar-refractivity contribution is -0.150. The van der Waals surface area contributed by atoms with Crippen molar-refractivity contribution in [2.45, 2.75) is 58.5 Å². The third kappa shape index (κ3) is 6.90. The number of ether oxygens (including phenoxy) is 2. The maximum Gasteiger partial charge on any atom is 0.306 e. The quantitative estimate of drug-likeness (QED) is 0.563. The molecule has 20 heavy (non-hydrogen) atoms. The molecule has 0 bridgehead atoms. The molecule has 1 aliphatic heterocycles. The first-order valence-electron chi connectivity index (χ1n) is 7.73. The monoisotopic (exact) mass is 280 g/mol. The van der Waals surface area contributed by atoms with Crippen molar-refractivity contribution < 1.29 is 14.3 Å². The summed E-state index contributed by atoms with van der Waals surface area (Å²) in [5.41, 5.74) is 1.41. The molecule has 0 spiro atoms. The topological polar surface area (TPSA) is 35.5 Å². The maximum atomic E-state index is 11.5. The molecule has 1 saturated heterocycles. The van der Waals surface area contributed by atoms with Gasteiger partial charge in [-0.05, 0) is 38.5 Å². The molecule has 1 aliphatic rings. The van der Waals surface area contributed by atoms with Gasteiger partial charge in [-0.2, -0.15) is 0 Å². The molecule has 0 amide bonds. The van der Waals surface area contributed by atoms with Crippen LogP contribution in [0.3, 0.4) is 0 Å². The summed E-state index contributed by atoms with van der Waals surface area (Å²) in [6.07, 6.45) is 9.25. The van der Waals surface area contributed by atoms with Gasteiger partial charge in [-0.25, -0.2) is 0 Å². The molecule has 0 aromatic rings. The van der Waals surface area contributed by atoms with Gasteiger partial charge in [-0.3, -0.25) is 4.79 Å². The molecule has 0 aromatic carbocycles. The minimum Gasteiger partial charge on any atom is -0.463 e. The molecule has 1 rings (SSSR count). The first-order chi connectivity index (χ1) is 9.65. The summed E-state index contributed by atoms with van der Waals surface area (Å²) in [6, 6.07) is 0. The van der Waals surface area contributed by atoms with Crippen molar-refractivity contribution in [1.29, 1.82) is 0 Å². The second-order valence-corrected chi connectivity index (χ2v) is 5.60. The Morgan fingerprint density at radius 3 is 3.00 bits per heavy atom. The molecule has 3 nitrogen and oxygen atoms in total. The number of carbonyl (C=O) groups is 1. The van der Waals surface area contributed by atoms with E-state index in [1.165, 1.54) is 5.57 Å². The Hall–Kier alpha value is -1.09. The zero-order valence-electron chi connectivity index (χ0n) is 12.9. The van der Waals surface area contributed by atoms with Crippen LogP contribution < -0.4 is 0 Å². The van der Waals surface area contributed by atoms with Crippen molar-refractivity contribution in [1.82, 2.24) is 0 Å². The molecule has 1 fully saturated rings. The fourth-order valence-electron chi connectivity index (χ4n) is 2.69. The van der Waals surface area contributed by atoms with Crippen LogP contribution in [0.1, 0.15) is 52.4 Å². The molecule has 0 radical (unpaired) electrons. The van der Waals surface area contributed by atoms with E-state index in [9.17, 15) is 4.79 Å².